The smallest absolute Gasteiger partial charge is 0.329 e. The average molecular weight is 272 g/mol. The van der Waals surface area contributed by atoms with Gasteiger partial charge in [-0.05, 0) is 6.92 Å². The van der Waals surface area contributed by atoms with Gasteiger partial charge in [0.15, 0.2) is 0 Å². The third-order valence-electron chi connectivity index (χ3n) is 4.14. The van der Waals surface area contributed by atoms with E-state index < -0.39 is 23.0 Å². The van der Waals surface area contributed by atoms with Crippen molar-refractivity contribution in [3.63, 3.8) is 0 Å². The Hall–Kier alpha value is -1.18. The second-order valence-electron chi connectivity index (χ2n) is 5.49. The van der Waals surface area contributed by atoms with Crippen molar-refractivity contribution in [1.82, 2.24) is 5.32 Å². The zero-order valence-corrected chi connectivity index (χ0v) is 11.0. The first-order valence-electron chi connectivity index (χ1n) is 6.38. The number of ether oxygens (including phenoxy) is 2. The minimum Gasteiger partial charge on any atom is -0.480 e. The highest BCUT2D eigenvalue weighted by Gasteiger charge is 2.49. The lowest BCUT2D eigenvalue weighted by atomic mass is 9.82. The van der Waals surface area contributed by atoms with Crippen molar-refractivity contribution in [2.45, 2.75) is 31.3 Å². The van der Waals surface area contributed by atoms with Gasteiger partial charge in [-0.1, -0.05) is 0 Å². The van der Waals surface area contributed by atoms with Gasteiger partial charge in [-0.2, -0.15) is 0 Å². The van der Waals surface area contributed by atoms with E-state index in [2.05, 4.69) is 5.32 Å². The van der Waals surface area contributed by atoms with Crippen LogP contribution >= 0.6 is 0 Å². The summed E-state index contributed by atoms with van der Waals surface area (Å²) in [6.07, 6.45) is 0.528. The van der Waals surface area contributed by atoms with Gasteiger partial charge in [0, 0.05) is 32.1 Å². The minimum atomic E-state index is -1.25. The van der Waals surface area contributed by atoms with Gasteiger partial charge >= 0.3 is 5.97 Å². The van der Waals surface area contributed by atoms with Crippen molar-refractivity contribution >= 4 is 11.9 Å². The maximum absolute atomic E-state index is 12.4. The molecule has 2 saturated heterocycles. The maximum atomic E-state index is 12.4. The predicted octanol–water partition coefficient (Wildman–Crippen LogP) is -0.900. The second-order valence-corrected chi connectivity index (χ2v) is 5.49. The number of aliphatic carboxylic acids is 1. The maximum Gasteiger partial charge on any atom is 0.329 e. The summed E-state index contributed by atoms with van der Waals surface area (Å²) >= 11 is 0. The van der Waals surface area contributed by atoms with E-state index in [1.165, 1.54) is 0 Å². The Morgan fingerprint density at radius 3 is 2.42 bits per heavy atom. The monoisotopic (exact) mass is 272 g/mol. The van der Waals surface area contributed by atoms with Crippen LogP contribution in [0.1, 0.15) is 19.8 Å². The zero-order chi connectivity index (χ0) is 14.1. The highest BCUT2D eigenvalue weighted by molar-refractivity contribution is 5.90. The molecule has 4 N–H and O–H groups in total. The van der Waals surface area contributed by atoms with Crippen LogP contribution < -0.4 is 11.1 Å². The molecule has 1 amide bonds. The standard InChI is InChI=1S/C12H20N2O5/c1-11(7-19-6-8(11)13)9(15)14-12(10(16)17)2-4-18-5-3-12/h8H,2-7,13H2,1H3,(H,14,15)(H,16,17). The molecule has 2 unspecified atom stereocenters. The number of rotatable bonds is 3. The molecular weight excluding hydrogens is 252 g/mol. The Bertz CT molecular complexity index is 380. The van der Waals surface area contributed by atoms with Gasteiger partial charge in [0.25, 0.3) is 0 Å². The minimum absolute atomic E-state index is 0.214. The van der Waals surface area contributed by atoms with E-state index >= 15 is 0 Å². The first-order valence-corrected chi connectivity index (χ1v) is 6.38. The largest absolute Gasteiger partial charge is 0.480 e. The SMILES string of the molecule is CC1(C(=O)NC2(C(=O)O)CCOCC2)COCC1N. The first kappa shape index (κ1) is 14.2. The van der Waals surface area contributed by atoms with E-state index in [-0.39, 0.29) is 25.4 Å². The van der Waals surface area contributed by atoms with Crippen LogP contribution in [0.2, 0.25) is 0 Å². The molecule has 2 atom stereocenters. The fourth-order valence-electron chi connectivity index (χ4n) is 2.40. The number of nitrogens with two attached hydrogens (primary N) is 1. The number of carboxylic acids is 1. The van der Waals surface area contributed by atoms with Crippen LogP contribution in [0.3, 0.4) is 0 Å². The van der Waals surface area contributed by atoms with Crippen molar-refractivity contribution in [2.75, 3.05) is 26.4 Å². The molecule has 0 saturated carbocycles. The molecule has 2 rings (SSSR count). The van der Waals surface area contributed by atoms with Crippen molar-refractivity contribution < 1.29 is 24.2 Å². The highest BCUT2D eigenvalue weighted by atomic mass is 16.5. The van der Waals surface area contributed by atoms with Gasteiger partial charge in [-0.25, -0.2) is 4.79 Å². The summed E-state index contributed by atoms with van der Waals surface area (Å²) in [4.78, 5) is 23.9. The van der Waals surface area contributed by atoms with E-state index in [1.807, 2.05) is 0 Å². The van der Waals surface area contributed by atoms with Crippen LogP contribution in [0.5, 0.6) is 0 Å². The third-order valence-corrected chi connectivity index (χ3v) is 4.14. The fourth-order valence-corrected chi connectivity index (χ4v) is 2.40. The van der Waals surface area contributed by atoms with E-state index in [1.54, 1.807) is 6.92 Å². The molecule has 19 heavy (non-hydrogen) atoms. The predicted molar refractivity (Wildman–Crippen MR) is 65.5 cm³/mol. The summed E-state index contributed by atoms with van der Waals surface area (Å²) in [6.45, 7) is 2.88. The average Bonchev–Trinajstić information content (AvgIpc) is 2.72. The molecule has 0 aliphatic carbocycles. The zero-order valence-electron chi connectivity index (χ0n) is 11.0. The van der Waals surface area contributed by atoms with Gasteiger partial charge < -0.3 is 25.6 Å². The molecular formula is C12H20N2O5. The summed E-state index contributed by atoms with van der Waals surface area (Å²) < 4.78 is 10.4. The van der Waals surface area contributed by atoms with Gasteiger partial charge in [0.1, 0.15) is 5.54 Å². The molecule has 108 valence electrons. The number of nitrogens with one attached hydrogen (secondary N) is 1. The first-order chi connectivity index (χ1) is 8.91. The molecule has 2 aliphatic rings. The molecule has 2 aliphatic heterocycles. The van der Waals surface area contributed by atoms with Crippen LogP contribution in [0, 0.1) is 5.41 Å². The lowest BCUT2D eigenvalue weighted by Crippen LogP contribution is -2.62. The molecule has 2 fully saturated rings. The molecule has 0 aromatic heterocycles. The lowest BCUT2D eigenvalue weighted by molar-refractivity contribution is -0.154. The van der Waals surface area contributed by atoms with E-state index in [0.717, 1.165) is 0 Å². The molecule has 7 heteroatoms. The summed E-state index contributed by atoms with van der Waals surface area (Å²) in [6, 6.07) is -0.418. The molecule has 2 heterocycles. The third kappa shape index (κ3) is 2.45. The Morgan fingerprint density at radius 1 is 1.32 bits per heavy atom. The number of carboxylic acid groups (broad SMARTS) is 1. The van der Waals surface area contributed by atoms with E-state index in [0.29, 0.717) is 19.8 Å². The quantitative estimate of drug-likeness (QED) is 0.614. The molecule has 0 aromatic rings. The highest BCUT2D eigenvalue weighted by Crippen LogP contribution is 2.30. The van der Waals surface area contributed by atoms with Crippen molar-refractivity contribution in [3.05, 3.63) is 0 Å². The Kier molecular flexibility index (Phi) is 3.80. The van der Waals surface area contributed by atoms with Gasteiger partial charge in [-0.3, -0.25) is 4.79 Å². The number of hydrogen-bond donors (Lipinski definition) is 3. The van der Waals surface area contributed by atoms with Crippen molar-refractivity contribution in [2.24, 2.45) is 11.1 Å². The number of hydrogen-bond acceptors (Lipinski definition) is 5. The van der Waals surface area contributed by atoms with Crippen LogP contribution in [0.25, 0.3) is 0 Å². The van der Waals surface area contributed by atoms with Crippen LogP contribution in [-0.2, 0) is 19.1 Å². The van der Waals surface area contributed by atoms with Crippen LogP contribution in [-0.4, -0.2) is 55.0 Å². The summed E-state index contributed by atoms with van der Waals surface area (Å²) in [5.74, 6) is -1.39. The Labute approximate surface area is 111 Å². The molecule has 0 bridgehead atoms. The second kappa shape index (κ2) is 5.07. The van der Waals surface area contributed by atoms with Crippen LogP contribution in [0.15, 0.2) is 0 Å². The normalized spacial score (nSPS) is 33.9. The van der Waals surface area contributed by atoms with E-state index in [9.17, 15) is 14.7 Å². The Morgan fingerprint density at radius 2 is 1.95 bits per heavy atom. The van der Waals surface area contributed by atoms with Crippen LogP contribution in [0.4, 0.5) is 0 Å². The molecule has 7 nitrogen and oxygen atoms in total. The van der Waals surface area contributed by atoms with Crippen molar-refractivity contribution in [1.29, 1.82) is 0 Å². The van der Waals surface area contributed by atoms with Gasteiger partial charge in [0.05, 0.1) is 18.6 Å². The number of carbonyl (C=O) groups is 2. The molecule has 0 aromatic carbocycles. The van der Waals surface area contributed by atoms with Gasteiger partial charge in [0.2, 0.25) is 5.91 Å². The molecule has 0 radical (unpaired) electrons. The topological polar surface area (TPSA) is 111 Å². The lowest BCUT2D eigenvalue weighted by Gasteiger charge is -2.37. The number of amides is 1. The number of carbonyl (C=O) groups excluding carboxylic acids is 1. The van der Waals surface area contributed by atoms with Gasteiger partial charge in [-0.15, -0.1) is 0 Å². The fraction of sp³-hybridized carbons (Fsp3) is 0.833. The Balaban J connectivity index is 2.13. The molecule has 0 spiro atoms. The van der Waals surface area contributed by atoms with Crippen molar-refractivity contribution in [3.8, 4) is 0 Å². The summed E-state index contributed by atoms with van der Waals surface area (Å²) in [5, 5.41) is 12.1. The summed E-state index contributed by atoms with van der Waals surface area (Å²) in [7, 11) is 0. The van der Waals surface area contributed by atoms with E-state index in [4.69, 9.17) is 15.2 Å². The summed E-state index contributed by atoms with van der Waals surface area (Å²) in [5.41, 5.74) is 3.76.